The minimum Gasteiger partial charge on any atom is -0.313 e. The molecule has 1 aliphatic rings. The van der Waals surface area contributed by atoms with Gasteiger partial charge >= 0.3 is 0 Å². The molecule has 5 nitrogen and oxygen atoms in total. The molecule has 1 heterocycles. The molecule has 0 unspecified atom stereocenters. The average molecular weight is 375 g/mol. The Balaban J connectivity index is 1.95. The first-order chi connectivity index (χ1) is 12.5. The van der Waals surface area contributed by atoms with Crippen molar-refractivity contribution >= 4 is 28.2 Å². The lowest BCUT2D eigenvalue weighted by Gasteiger charge is -2.14. The normalized spacial score (nSPS) is 13.8. The summed E-state index contributed by atoms with van der Waals surface area (Å²) < 4.78 is 13.4. The molecule has 7 heteroatoms. The Morgan fingerprint density at radius 2 is 1.88 bits per heavy atom. The molecule has 3 rings (SSSR count). The van der Waals surface area contributed by atoms with Gasteiger partial charge in [-0.25, -0.2) is 9.40 Å². The molecule has 2 amide bonds. The highest BCUT2D eigenvalue weighted by Crippen LogP contribution is 2.37. The molecule has 0 radical (unpaired) electrons. The van der Waals surface area contributed by atoms with Gasteiger partial charge in [0.15, 0.2) is 0 Å². The first-order valence-corrected chi connectivity index (χ1v) is 9.47. The minimum absolute atomic E-state index is 0.229. The first kappa shape index (κ1) is 18.5. The third-order valence-corrected chi connectivity index (χ3v) is 5.49. The number of anilines is 1. The van der Waals surface area contributed by atoms with Crippen molar-refractivity contribution in [3.8, 4) is 0 Å². The fraction of sp³-hybridized carbons (Fsp3) is 0.368. The number of carbonyl (C=O) groups excluding carboxylic acids is 2. The van der Waals surface area contributed by atoms with Crippen LogP contribution >= 0.6 is 11.3 Å². The van der Waals surface area contributed by atoms with Gasteiger partial charge in [-0.05, 0) is 49.4 Å². The number of rotatable bonds is 4. The second kappa shape index (κ2) is 7.97. The Morgan fingerprint density at radius 1 is 1.12 bits per heavy atom. The molecule has 0 fully saturated rings. The number of halogens is 1. The van der Waals surface area contributed by atoms with Gasteiger partial charge in [0.2, 0.25) is 0 Å². The average Bonchev–Trinajstić information content (AvgIpc) is 2.75. The molecule has 0 spiro atoms. The molecule has 1 aromatic carbocycles. The van der Waals surface area contributed by atoms with E-state index in [0.717, 1.165) is 42.5 Å². The third-order valence-electron chi connectivity index (χ3n) is 4.29. The standard InChI is InChI=1S/C19H22FN3O2S/c1-23(2)22-18(25)16-14-9-4-3-5-10-15(14)26-19(16)21-17(24)12-7-6-8-13(20)11-12/h6-8,11H,3-5,9-10H2,1-2H3,(H,21,24)(H,22,25). The van der Waals surface area contributed by atoms with E-state index >= 15 is 0 Å². The number of nitrogens with one attached hydrogen (secondary N) is 2. The van der Waals surface area contributed by atoms with Gasteiger partial charge in [0.05, 0.1) is 5.56 Å². The van der Waals surface area contributed by atoms with Gasteiger partial charge in [0, 0.05) is 24.5 Å². The number of fused-ring (bicyclic) bond motifs is 1. The van der Waals surface area contributed by atoms with Gasteiger partial charge in [-0.3, -0.25) is 15.0 Å². The molecule has 1 aliphatic carbocycles. The van der Waals surface area contributed by atoms with E-state index in [4.69, 9.17) is 0 Å². The van der Waals surface area contributed by atoms with E-state index in [1.165, 1.54) is 29.5 Å². The Labute approximate surface area is 156 Å². The van der Waals surface area contributed by atoms with Crippen LogP contribution in [0.3, 0.4) is 0 Å². The van der Waals surface area contributed by atoms with Gasteiger partial charge in [-0.2, -0.15) is 0 Å². The van der Waals surface area contributed by atoms with Gasteiger partial charge in [0.1, 0.15) is 10.8 Å². The van der Waals surface area contributed by atoms with Crippen molar-refractivity contribution in [2.24, 2.45) is 0 Å². The predicted molar refractivity (Wildman–Crippen MR) is 101 cm³/mol. The van der Waals surface area contributed by atoms with Crippen molar-refractivity contribution < 1.29 is 14.0 Å². The van der Waals surface area contributed by atoms with Crippen LogP contribution in [0.4, 0.5) is 9.39 Å². The third kappa shape index (κ3) is 4.11. The topological polar surface area (TPSA) is 61.4 Å². The molecule has 0 saturated carbocycles. The van der Waals surface area contributed by atoms with Crippen molar-refractivity contribution in [2.75, 3.05) is 19.4 Å². The van der Waals surface area contributed by atoms with E-state index in [0.29, 0.717) is 10.6 Å². The molecule has 2 N–H and O–H groups in total. The van der Waals surface area contributed by atoms with Gasteiger partial charge in [-0.15, -0.1) is 11.3 Å². The van der Waals surface area contributed by atoms with E-state index in [1.807, 2.05) is 0 Å². The Kier molecular flexibility index (Phi) is 5.68. The van der Waals surface area contributed by atoms with Crippen LogP contribution in [0.5, 0.6) is 0 Å². The number of carbonyl (C=O) groups is 2. The Hall–Kier alpha value is -2.25. The monoisotopic (exact) mass is 375 g/mol. The summed E-state index contributed by atoms with van der Waals surface area (Å²) in [5.41, 5.74) is 4.56. The smallest absolute Gasteiger partial charge is 0.268 e. The molecule has 2 aromatic rings. The second-order valence-corrected chi connectivity index (χ2v) is 7.67. The van der Waals surface area contributed by atoms with Crippen LogP contribution in [0.15, 0.2) is 24.3 Å². The SMILES string of the molecule is CN(C)NC(=O)c1c(NC(=O)c2cccc(F)c2)sc2c1CCCCC2. The van der Waals surface area contributed by atoms with Crippen molar-refractivity contribution in [1.29, 1.82) is 0 Å². The van der Waals surface area contributed by atoms with E-state index in [-0.39, 0.29) is 11.5 Å². The molecule has 1 aromatic heterocycles. The molecule has 0 atom stereocenters. The van der Waals surface area contributed by atoms with Gasteiger partial charge in [-0.1, -0.05) is 12.5 Å². The molecule has 26 heavy (non-hydrogen) atoms. The van der Waals surface area contributed by atoms with E-state index in [2.05, 4.69) is 10.7 Å². The van der Waals surface area contributed by atoms with Crippen molar-refractivity contribution in [3.63, 3.8) is 0 Å². The number of hydrazine groups is 1. The fourth-order valence-electron chi connectivity index (χ4n) is 3.13. The first-order valence-electron chi connectivity index (χ1n) is 8.65. The summed E-state index contributed by atoms with van der Waals surface area (Å²) in [5.74, 6) is -1.12. The van der Waals surface area contributed by atoms with Crippen LogP contribution in [0.2, 0.25) is 0 Å². The summed E-state index contributed by atoms with van der Waals surface area (Å²) >= 11 is 1.45. The Morgan fingerprint density at radius 3 is 2.62 bits per heavy atom. The minimum atomic E-state index is -0.467. The zero-order valence-electron chi connectivity index (χ0n) is 14.9. The summed E-state index contributed by atoms with van der Waals surface area (Å²) in [6, 6.07) is 5.53. The Bertz CT molecular complexity index is 832. The lowest BCUT2D eigenvalue weighted by Crippen LogP contribution is -2.36. The number of benzene rings is 1. The number of nitrogens with zero attached hydrogens (tertiary/aromatic N) is 1. The summed E-state index contributed by atoms with van der Waals surface area (Å²) in [5, 5.41) is 4.94. The highest BCUT2D eigenvalue weighted by molar-refractivity contribution is 7.17. The zero-order chi connectivity index (χ0) is 18.7. The summed E-state index contributed by atoms with van der Waals surface area (Å²) in [6.07, 6.45) is 5.00. The maximum atomic E-state index is 13.4. The summed E-state index contributed by atoms with van der Waals surface area (Å²) in [4.78, 5) is 26.4. The van der Waals surface area contributed by atoms with E-state index in [9.17, 15) is 14.0 Å². The molecule has 138 valence electrons. The maximum absolute atomic E-state index is 13.4. The van der Waals surface area contributed by atoms with Crippen molar-refractivity contribution in [2.45, 2.75) is 32.1 Å². The second-order valence-electron chi connectivity index (χ2n) is 6.57. The molecule has 0 bridgehead atoms. The maximum Gasteiger partial charge on any atom is 0.268 e. The molecular formula is C19H22FN3O2S. The quantitative estimate of drug-likeness (QED) is 0.634. The fourth-order valence-corrected chi connectivity index (χ4v) is 4.42. The van der Waals surface area contributed by atoms with E-state index in [1.54, 1.807) is 25.2 Å². The summed E-state index contributed by atoms with van der Waals surface area (Å²) in [7, 11) is 3.49. The van der Waals surface area contributed by atoms with Crippen LogP contribution in [0.1, 0.15) is 50.4 Å². The highest BCUT2D eigenvalue weighted by atomic mass is 32.1. The molecule has 0 saturated heterocycles. The number of aryl methyl sites for hydroxylation is 1. The summed E-state index contributed by atoms with van der Waals surface area (Å²) in [6.45, 7) is 0. The number of hydrogen-bond donors (Lipinski definition) is 2. The number of thiophene rings is 1. The largest absolute Gasteiger partial charge is 0.313 e. The molecule has 0 aliphatic heterocycles. The van der Waals surface area contributed by atoms with Crippen molar-refractivity contribution in [3.05, 3.63) is 51.7 Å². The highest BCUT2D eigenvalue weighted by Gasteiger charge is 2.26. The van der Waals surface area contributed by atoms with Crippen LogP contribution in [-0.2, 0) is 12.8 Å². The number of amides is 2. The van der Waals surface area contributed by atoms with Gasteiger partial charge < -0.3 is 5.32 Å². The lowest BCUT2D eigenvalue weighted by molar-refractivity contribution is 0.0857. The van der Waals surface area contributed by atoms with Crippen LogP contribution in [0.25, 0.3) is 0 Å². The van der Waals surface area contributed by atoms with Crippen LogP contribution in [0, 0.1) is 5.82 Å². The van der Waals surface area contributed by atoms with E-state index < -0.39 is 11.7 Å². The zero-order valence-corrected chi connectivity index (χ0v) is 15.7. The van der Waals surface area contributed by atoms with Crippen LogP contribution < -0.4 is 10.7 Å². The van der Waals surface area contributed by atoms with Crippen LogP contribution in [-0.4, -0.2) is 30.9 Å². The lowest BCUT2D eigenvalue weighted by atomic mass is 10.0. The molecular weight excluding hydrogens is 353 g/mol. The van der Waals surface area contributed by atoms with Gasteiger partial charge in [0.25, 0.3) is 11.8 Å². The van der Waals surface area contributed by atoms with Crippen molar-refractivity contribution in [1.82, 2.24) is 10.4 Å². The number of hydrogen-bond acceptors (Lipinski definition) is 4. The predicted octanol–water partition coefficient (Wildman–Crippen LogP) is 3.61.